The van der Waals surface area contributed by atoms with Crippen LogP contribution in [0, 0.1) is 5.41 Å². The second kappa shape index (κ2) is 7.23. The lowest BCUT2D eigenvalue weighted by molar-refractivity contribution is -0.913. The number of para-hydroxylation sites is 1. The van der Waals surface area contributed by atoms with Gasteiger partial charge in [-0.15, -0.1) is 11.3 Å². The third-order valence-electron chi connectivity index (χ3n) is 6.96. The van der Waals surface area contributed by atoms with Crippen LogP contribution in [0.5, 0.6) is 0 Å². The fraction of sp³-hybridized carbons (Fsp3) is 0.591. The molecule has 0 radical (unpaired) electrons. The summed E-state index contributed by atoms with van der Waals surface area (Å²) in [4.78, 5) is 33.6. The summed E-state index contributed by atoms with van der Waals surface area (Å²) in [6, 6.07) is 8.31. The zero-order chi connectivity index (χ0) is 19.1. The Kier molecular flexibility index (Phi) is 4.71. The van der Waals surface area contributed by atoms with Gasteiger partial charge in [-0.2, -0.15) is 0 Å². The van der Waals surface area contributed by atoms with Crippen molar-refractivity contribution in [1.82, 2.24) is 9.88 Å². The lowest BCUT2D eigenvalue weighted by Crippen LogP contribution is -3.15. The Labute approximate surface area is 169 Å². The fourth-order valence-corrected chi connectivity index (χ4v) is 6.53. The number of fused-ring (bicyclic) bond motifs is 1. The molecule has 28 heavy (non-hydrogen) atoms. The molecular weight excluding hydrogens is 370 g/mol. The van der Waals surface area contributed by atoms with Gasteiger partial charge in [-0.1, -0.05) is 31.4 Å². The molecule has 1 N–H and O–H groups in total. The van der Waals surface area contributed by atoms with Crippen molar-refractivity contribution >= 4 is 33.4 Å². The molecule has 3 fully saturated rings. The van der Waals surface area contributed by atoms with Crippen LogP contribution in [0.2, 0.25) is 0 Å². The van der Waals surface area contributed by atoms with Crippen molar-refractivity contribution in [2.75, 3.05) is 19.8 Å². The maximum absolute atomic E-state index is 13.1. The summed E-state index contributed by atoms with van der Waals surface area (Å²) in [5.74, 6) is 0.603. The van der Waals surface area contributed by atoms with E-state index in [0.717, 1.165) is 57.1 Å². The smallest absolute Gasteiger partial charge is 0.240 e. The number of aromatic nitrogens is 1. The molecule has 1 aliphatic carbocycles. The zero-order valence-corrected chi connectivity index (χ0v) is 17.1. The highest BCUT2D eigenvalue weighted by Gasteiger charge is 2.52. The van der Waals surface area contributed by atoms with Crippen LogP contribution in [0.3, 0.4) is 0 Å². The summed E-state index contributed by atoms with van der Waals surface area (Å²) >= 11 is 1.80. The third-order valence-corrected chi connectivity index (χ3v) is 8.16. The number of quaternary nitrogens is 1. The normalized spacial score (nSPS) is 27.8. The van der Waals surface area contributed by atoms with E-state index in [1.165, 1.54) is 21.0 Å². The highest BCUT2D eigenvalue weighted by atomic mass is 32.1. The van der Waals surface area contributed by atoms with Gasteiger partial charge < -0.3 is 4.90 Å². The molecule has 2 aliphatic heterocycles. The first-order chi connectivity index (χ1) is 13.6. The molecule has 1 unspecified atom stereocenters. The molecule has 3 heterocycles. The number of nitrogens with zero attached hydrogens (tertiary/aromatic N) is 2. The topological polar surface area (TPSA) is 54.7 Å². The van der Waals surface area contributed by atoms with Crippen molar-refractivity contribution in [3.8, 4) is 0 Å². The summed E-state index contributed by atoms with van der Waals surface area (Å²) in [6.07, 6.45) is 7.89. The van der Waals surface area contributed by atoms with Crippen LogP contribution in [-0.2, 0) is 9.59 Å². The SMILES string of the molecule is O=C1CC2(CCCCC2)C(=O)N1C[NH+]1CCC[C@@H](c2nc3ccccc3s2)C1. The Morgan fingerprint density at radius 1 is 1.14 bits per heavy atom. The van der Waals surface area contributed by atoms with E-state index >= 15 is 0 Å². The minimum Gasteiger partial charge on any atom is -0.317 e. The number of amides is 2. The molecule has 1 aromatic heterocycles. The molecule has 2 atom stereocenters. The monoisotopic (exact) mass is 398 g/mol. The summed E-state index contributed by atoms with van der Waals surface area (Å²) in [5, 5.41) is 1.21. The molecule has 1 spiro atoms. The van der Waals surface area contributed by atoms with Gasteiger partial charge in [-0.05, 0) is 37.8 Å². The van der Waals surface area contributed by atoms with Gasteiger partial charge in [0.05, 0.1) is 34.6 Å². The molecule has 6 heteroatoms. The lowest BCUT2D eigenvalue weighted by Gasteiger charge is -2.33. The highest BCUT2D eigenvalue weighted by molar-refractivity contribution is 7.18. The number of thiazole rings is 1. The number of imide groups is 1. The van der Waals surface area contributed by atoms with Crippen molar-refractivity contribution in [2.45, 2.75) is 57.3 Å². The van der Waals surface area contributed by atoms with Gasteiger partial charge in [0.1, 0.15) is 5.01 Å². The van der Waals surface area contributed by atoms with Crippen molar-refractivity contribution < 1.29 is 14.5 Å². The van der Waals surface area contributed by atoms with E-state index in [9.17, 15) is 9.59 Å². The molecule has 1 saturated carbocycles. The van der Waals surface area contributed by atoms with Crippen molar-refractivity contribution in [2.24, 2.45) is 5.41 Å². The summed E-state index contributed by atoms with van der Waals surface area (Å²) in [7, 11) is 0. The van der Waals surface area contributed by atoms with Gasteiger partial charge >= 0.3 is 0 Å². The average Bonchev–Trinajstić information content (AvgIpc) is 3.24. The molecule has 5 nitrogen and oxygen atoms in total. The quantitative estimate of drug-likeness (QED) is 0.809. The Morgan fingerprint density at radius 2 is 1.96 bits per heavy atom. The Balaban J connectivity index is 1.29. The predicted octanol–water partition coefficient (Wildman–Crippen LogP) is 2.73. The zero-order valence-electron chi connectivity index (χ0n) is 16.3. The van der Waals surface area contributed by atoms with Gasteiger partial charge in [0.2, 0.25) is 11.8 Å². The number of benzene rings is 1. The Hall–Kier alpha value is -1.79. The number of likely N-dealkylation sites (tertiary alicyclic amines) is 2. The fourth-order valence-electron chi connectivity index (χ4n) is 5.43. The van der Waals surface area contributed by atoms with E-state index < -0.39 is 0 Å². The average molecular weight is 399 g/mol. The summed E-state index contributed by atoms with van der Waals surface area (Å²) in [6.45, 7) is 2.54. The van der Waals surface area contributed by atoms with Gasteiger partial charge in [0.25, 0.3) is 0 Å². The number of carbonyl (C=O) groups excluding carboxylic acids is 2. The van der Waals surface area contributed by atoms with Gasteiger partial charge in [0, 0.05) is 6.42 Å². The van der Waals surface area contributed by atoms with Gasteiger partial charge in [-0.3, -0.25) is 9.59 Å². The molecular formula is C22H28N3O2S+. The number of nitrogens with one attached hydrogen (secondary N) is 1. The number of piperidine rings is 1. The maximum atomic E-state index is 13.1. The van der Waals surface area contributed by atoms with Gasteiger partial charge in [-0.25, -0.2) is 9.88 Å². The molecule has 148 valence electrons. The van der Waals surface area contributed by atoms with Crippen LogP contribution < -0.4 is 4.90 Å². The number of hydrogen-bond donors (Lipinski definition) is 1. The molecule has 3 aliphatic rings. The first kappa shape index (κ1) is 18.3. The van der Waals surface area contributed by atoms with Crippen LogP contribution in [-0.4, -0.2) is 41.5 Å². The van der Waals surface area contributed by atoms with Gasteiger partial charge in [0.15, 0.2) is 6.67 Å². The van der Waals surface area contributed by atoms with E-state index in [-0.39, 0.29) is 17.2 Å². The minimum atomic E-state index is -0.364. The molecule has 5 rings (SSSR count). The number of carbonyl (C=O) groups is 2. The summed E-state index contributed by atoms with van der Waals surface area (Å²) < 4.78 is 1.24. The van der Waals surface area contributed by atoms with Crippen LogP contribution in [0.1, 0.15) is 62.3 Å². The lowest BCUT2D eigenvalue weighted by atomic mass is 9.73. The van der Waals surface area contributed by atoms with Crippen molar-refractivity contribution in [3.63, 3.8) is 0 Å². The third kappa shape index (κ3) is 3.16. The standard InChI is InChI=1S/C22H27N3O2S/c26-19-13-22(10-4-1-5-11-22)21(27)25(19)15-24-12-6-7-16(14-24)20-23-17-8-2-3-9-18(17)28-20/h2-3,8-9,16H,1,4-7,10-15H2/p+1/t16-/m1/s1. The van der Waals surface area contributed by atoms with E-state index in [1.807, 2.05) is 6.07 Å². The second-order valence-electron chi connectivity index (χ2n) is 8.87. The number of rotatable bonds is 3. The van der Waals surface area contributed by atoms with E-state index in [0.29, 0.717) is 19.0 Å². The van der Waals surface area contributed by atoms with Crippen LogP contribution in [0.4, 0.5) is 0 Å². The Morgan fingerprint density at radius 3 is 2.79 bits per heavy atom. The van der Waals surface area contributed by atoms with Crippen molar-refractivity contribution in [3.05, 3.63) is 29.3 Å². The van der Waals surface area contributed by atoms with Crippen LogP contribution >= 0.6 is 11.3 Å². The van der Waals surface area contributed by atoms with Crippen LogP contribution in [0.25, 0.3) is 10.2 Å². The van der Waals surface area contributed by atoms with Crippen molar-refractivity contribution in [1.29, 1.82) is 0 Å². The summed E-state index contributed by atoms with van der Waals surface area (Å²) in [5.41, 5.74) is 0.718. The molecule has 1 aromatic carbocycles. The molecule has 0 bridgehead atoms. The maximum Gasteiger partial charge on any atom is 0.240 e. The van der Waals surface area contributed by atoms with Crippen LogP contribution in [0.15, 0.2) is 24.3 Å². The van der Waals surface area contributed by atoms with E-state index in [1.54, 1.807) is 16.2 Å². The first-order valence-corrected chi connectivity index (χ1v) is 11.5. The van der Waals surface area contributed by atoms with E-state index in [2.05, 4.69) is 18.2 Å². The Bertz CT molecular complexity index is 869. The van der Waals surface area contributed by atoms with E-state index in [4.69, 9.17) is 4.98 Å². The molecule has 2 amide bonds. The number of hydrogen-bond acceptors (Lipinski definition) is 4. The second-order valence-corrected chi connectivity index (χ2v) is 9.93. The largest absolute Gasteiger partial charge is 0.317 e. The predicted molar refractivity (Wildman–Crippen MR) is 109 cm³/mol. The minimum absolute atomic E-state index is 0.0570. The first-order valence-electron chi connectivity index (χ1n) is 10.7. The molecule has 2 saturated heterocycles. The highest BCUT2D eigenvalue weighted by Crippen LogP contribution is 2.45. The molecule has 2 aromatic rings.